The van der Waals surface area contributed by atoms with Crippen molar-refractivity contribution in [1.82, 2.24) is 9.78 Å². The van der Waals surface area contributed by atoms with Gasteiger partial charge in [-0.1, -0.05) is 6.07 Å². The number of aromatic nitrogens is 2. The Morgan fingerprint density at radius 1 is 1.42 bits per heavy atom. The number of hydrogen-bond donors (Lipinski definition) is 0. The van der Waals surface area contributed by atoms with Gasteiger partial charge in [-0.25, -0.2) is 4.68 Å². The second-order valence-corrected chi connectivity index (χ2v) is 4.94. The molecule has 0 saturated heterocycles. The van der Waals surface area contributed by atoms with E-state index in [9.17, 15) is 10.1 Å². The molecule has 0 amide bonds. The Balaban J connectivity index is 2.04. The van der Waals surface area contributed by atoms with Crippen LogP contribution in [0.25, 0.3) is 5.69 Å². The molecule has 6 heteroatoms. The summed E-state index contributed by atoms with van der Waals surface area (Å²) in [5, 5.41) is 15.6. The maximum atomic E-state index is 11.1. The van der Waals surface area contributed by atoms with Crippen molar-refractivity contribution in [3.8, 4) is 5.69 Å². The van der Waals surface area contributed by atoms with Crippen LogP contribution >= 0.6 is 11.6 Å². The van der Waals surface area contributed by atoms with Crippen LogP contribution in [0.15, 0.2) is 30.5 Å². The summed E-state index contributed by atoms with van der Waals surface area (Å²) in [6, 6.07) is 6.91. The average Bonchev–Trinajstić information content (AvgIpc) is 3.16. The van der Waals surface area contributed by atoms with Crippen LogP contribution < -0.4 is 0 Å². The van der Waals surface area contributed by atoms with Crippen LogP contribution in [-0.4, -0.2) is 14.7 Å². The number of halogens is 1. The lowest BCUT2D eigenvalue weighted by Crippen LogP contribution is -2.02. The Hall–Kier alpha value is -1.88. The number of benzene rings is 1. The van der Waals surface area contributed by atoms with Gasteiger partial charge in [0.15, 0.2) is 0 Å². The van der Waals surface area contributed by atoms with Gasteiger partial charge in [0, 0.05) is 24.1 Å². The SMILES string of the molecule is O=[N+]([O-])c1cc(CCl)ccc1-n1ccc(C2CC2)n1. The molecule has 0 radical (unpaired) electrons. The molecule has 0 unspecified atom stereocenters. The Bertz CT molecular complexity index is 635. The fraction of sp³-hybridized carbons (Fsp3) is 0.308. The molecule has 1 fully saturated rings. The minimum absolute atomic E-state index is 0.0311. The summed E-state index contributed by atoms with van der Waals surface area (Å²) in [5.41, 5.74) is 2.25. The van der Waals surface area contributed by atoms with Gasteiger partial charge in [0.05, 0.1) is 10.6 Å². The lowest BCUT2D eigenvalue weighted by molar-refractivity contribution is -0.384. The zero-order valence-corrected chi connectivity index (χ0v) is 10.9. The van der Waals surface area contributed by atoms with Gasteiger partial charge < -0.3 is 0 Å². The van der Waals surface area contributed by atoms with Gasteiger partial charge in [-0.2, -0.15) is 5.10 Å². The Kier molecular flexibility index (Phi) is 2.98. The Labute approximate surface area is 115 Å². The van der Waals surface area contributed by atoms with Crippen molar-refractivity contribution >= 4 is 17.3 Å². The van der Waals surface area contributed by atoms with Crippen molar-refractivity contribution in [2.24, 2.45) is 0 Å². The maximum Gasteiger partial charge on any atom is 0.295 e. The molecule has 0 atom stereocenters. The van der Waals surface area contributed by atoms with Crippen LogP contribution in [0, 0.1) is 10.1 Å². The second-order valence-electron chi connectivity index (χ2n) is 4.67. The number of nitro groups is 1. The van der Waals surface area contributed by atoms with E-state index >= 15 is 0 Å². The molecule has 1 aromatic carbocycles. The summed E-state index contributed by atoms with van der Waals surface area (Å²) < 4.78 is 1.57. The van der Waals surface area contributed by atoms with E-state index in [1.807, 2.05) is 6.07 Å². The van der Waals surface area contributed by atoms with Crippen molar-refractivity contribution in [2.75, 3.05) is 0 Å². The Morgan fingerprint density at radius 3 is 2.84 bits per heavy atom. The van der Waals surface area contributed by atoms with Gasteiger partial charge in [0.1, 0.15) is 5.69 Å². The zero-order chi connectivity index (χ0) is 13.4. The van der Waals surface area contributed by atoms with E-state index in [2.05, 4.69) is 5.10 Å². The van der Waals surface area contributed by atoms with Crippen LogP contribution in [0.1, 0.15) is 30.0 Å². The van der Waals surface area contributed by atoms with Crippen LogP contribution in [0.4, 0.5) is 5.69 Å². The highest BCUT2D eigenvalue weighted by Crippen LogP contribution is 2.39. The van der Waals surface area contributed by atoms with Crippen molar-refractivity contribution in [1.29, 1.82) is 0 Å². The third-order valence-electron chi connectivity index (χ3n) is 3.24. The van der Waals surface area contributed by atoms with Crippen LogP contribution in [0.3, 0.4) is 0 Å². The highest BCUT2D eigenvalue weighted by atomic mass is 35.5. The Morgan fingerprint density at radius 2 is 2.21 bits per heavy atom. The summed E-state index contributed by atoms with van der Waals surface area (Å²) in [5.74, 6) is 0.788. The number of hydrogen-bond acceptors (Lipinski definition) is 3. The van der Waals surface area contributed by atoms with Crippen molar-refractivity contribution in [3.05, 3.63) is 51.8 Å². The maximum absolute atomic E-state index is 11.1. The number of nitro benzene ring substituents is 1. The van der Waals surface area contributed by atoms with E-state index in [4.69, 9.17) is 11.6 Å². The van der Waals surface area contributed by atoms with Gasteiger partial charge >= 0.3 is 0 Å². The van der Waals surface area contributed by atoms with Crippen LogP contribution in [0.5, 0.6) is 0 Å². The van der Waals surface area contributed by atoms with E-state index in [0.717, 1.165) is 24.1 Å². The highest BCUT2D eigenvalue weighted by molar-refractivity contribution is 6.17. The van der Waals surface area contributed by atoms with Gasteiger partial charge in [-0.05, 0) is 30.5 Å². The second kappa shape index (κ2) is 4.66. The third kappa shape index (κ3) is 2.33. The standard InChI is InChI=1S/C13H12ClN3O2/c14-8-9-1-4-12(13(7-9)17(18)19)16-6-5-11(15-16)10-2-3-10/h1,4-7,10H,2-3,8H2. The molecule has 1 heterocycles. The quantitative estimate of drug-likeness (QED) is 0.489. The largest absolute Gasteiger partial charge is 0.295 e. The van der Waals surface area contributed by atoms with E-state index < -0.39 is 4.92 Å². The fourth-order valence-electron chi connectivity index (χ4n) is 2.06. The molecule has 5 nitrogen and oxygen atoms in total. The van der Waals surface area contributed by atoms with Gasteiger partial charge in [-0.3, -0.25) is 10.1 Å². The van der Waals surface area contributed by atoms with Crippen molar-refractivity contribution in [2.45, 2.75) is 24.6 Å². The zero-order valence-electron chi connectivity index (χ0n) is 10.1. The highest BCUT2D eigenvalue weighted by Gasteiger charge is 2.26. The van der Waals surface area contributed by atoms with Crippen molar-refractivity contribution in [3.63, 3.8) is 0 Å². The summed E-state index contributed by atoms with van der Waals surface area (Å²) in [6.07, 6.45) is 4.09. The van der Waals surface area contributed by atoms with E-state index in [0.29, 0.717) is 11.6 Å². The first kappa shape index (κ1) is 12.2. The molecular formula is C13H12ClN3O2. The van der Waals surface area contributed by atoms with Gasteiger partial charge in [-0.15, -0.1) is 11.6 Å². The smallest absolute Gasteiger partial charge is 0.258 e. The van der Waals surface area contributed by atoms with E-state index in [-0.39, 0.29) is 11.6 Å². The average molecular weight is 278 g/mol. The molecule has 0 spiro atoms. The first-order valence-electron chi connectivity index (χ1n) is 6.08. The molecule has 1 aliphatic carbocycles. The topological polar surface area (TPSA) is 61.0 Å². The number of nitrogens with zero attached hydrogens (tertiary/aromatic N) is 3. The van der Waals surface area contributed by atoms with Crippen LogP contribution in [0.2, 0.25) is 0 Å². The summed E-state index contributed by atoms with van der Waals surface area (Å²) in [7, 11) is 0. The first-order chi connectivity index (χ1) is 9.19. The number of rotatable bonds is 4. The third-order valence-corrected chi connectivity index (χ3v) is 3.55. The first-order valence-corrected chi connectivity index (χ1v) is 6.61. The number of alkyl halides is 1. The molecular weight excluding hydrogens is 266 g/mol. The summed E-state index contributed by atoms with van der Waals surface area (Å²) >= 11 is 5.71. The van der Waals surface area contributed by atoms with Gasteiger partial charge in [0.2, 0.25) is 0 Å². The molecule has 0 aliphatic heterocycles. The summed E-state index contributed by atoms with van der Waals surface area (Å²) in [6.45, 7) is 0. The van der Waals surface area contributed by atoms with Crippen molar-refractivity contribution < 1.29 is 4.92 Å². The fourth-order valence-corrected chi connectivity index (χ4v) is 2.23. The molecule has 0 N–H and O–H groups in total. The van der Waals surface area contributed by atoms with Crippen LogP contribution in [-0.2, 0) is 5.88 Å². The normalized spacial score (nSPS) is 14.6. The molecule has 1 aliphatic rings. The van der Waals surface area contributed by atoms with E-state index in [1.54, 1.807) is 23.0 Å². The summed E-state index contributed by atoms with van der Waals surface area (Å²) in [4.78, 5) is 10.7. The molecule has 98 valence electrons. The molecule has 2 aromatic rings. The monoisotopic (exact) mass is 277 g/mol. The van der Waals surface area contributed by atoms with Gasteiger partial charge in [0.25, 0.3) is 5.69 Å². The van der Waals surface area contributed by atoms with E-state index in [1.165, 1.54) is 6.07 Å². The molecule has 0 bridgehead atoms. The molecule has 3 rings (SSSR count). The molecule has 1 aromatic heterocycles. The lowest BCUT2D eigenvalue weighted by atomic mass is 10.2. The predicted octanol–water partition coefficient (Wildman–Crippen LogP) is 3.40. The minimum atomic E-state index is -0.399. The molecule has 1 saturated carbocycles. The lowest BCUT2D eigenvalue weighted by Gasteiger charge is -2.04. The molecule has 19 heavy (non-hydrogen) atoms. The minimum Gasteiger partial charge on any atom is -0.258 e. The predicted molar refractivity (Wildman–Crippen MR) is 71.8 cm³/mol.